The van der Waals surface area contributed by atoms with Gasteiger partial charge in [-0.25, -0.2) is 4.79 Å². The van der Waals surface area contributed by atoms with Crippen molar-refractivity contribution in [2.24, 2.45) is 29.1 Å². The molecule has 2 heterocycles. The Balaban J connectivity index is 1.24. The SMILES string of the molecule is O=C1OC2C(COC(=O)N3CCCCC3)C34CC3CC1C24. The topological polar surface area (TPSA) is 55.8 Å². The fourth-order valence-electron chi connectivity index (χ4n) is 5.78. The van der Waals surface area contributed by atoms with Crippen molar-refractivity contribution in [1.29, 1.82) is 0 Å². The Morgan fingerprint density at radius 3 is 2.95 bits per heavy atom. The highest BCUT2D eigenvalue weighted by molar-refractivity contribution is 5.78. The molecule has 3 aliphatic carbocycles. The third-order valence-corrected chi connectivity index (χ3v) is 6.79. The first-order valence-electron chi connectivity index (χ1n) is 8.34. The molecular formula is C16H21NO4. The number of carbonyl (C=O) groups is 2. The average molecular weight is 291 g/mol. The summed E-state index contributed by atoms with van der Waals surface area (Å²) >= 11 is 0. The zero-order valence-electron chi connectivity index (χ0n) is 12.1. The Morgan fingerprint density at radius 2 is 2.14 bits per heavy atom. The van der Waals surface area contributed by atoms with E-state index in [1.165, 1.54) is 12.8 Å². The van der Waals surface area contributed by atoms with Crippen LogP contribution in [0.25, 0.3) is 0 Å². The molecule has 5 aliphatic rings. The predicted molar refractivity (Wildman–Crippen MR) is 72.3 cm³/mol. The van der Waals surface area contributed by atoms with Crippen LogP contribution in [-0.2, 0) is 14.3 Å². The molecule has 0 N–H and O–H groups in total. The molecule has 1 amide bonds. The number of nitrogens with zero attached hydrogens (tertiary/aromatic N) is 1. The number of ether oxygens (including phenoxy) is 2. The Morgan fingerprint density at radius 1 is 1.33 bits per heavy atom. The Labute approximate surface area is 123 Å². The van der Waals surface area contributed by atoms with Crippen LogP contribution in [0.2, 0.25) is 0 Å². The number of piperidine rings is 1. The van der Waals surface area contributed by atoms with Crippen LogP contribution in [0.1, 0.15) is 32.1 Å². The van der Waals surface area contributed by atoms with Gasteiger partial charge < -0.3 is 14.4 Å². The summed E-state index contributed by atoms with van der Waals surface area (Å²) < 4.78 is 11.1. The minimum absolute atomic E-state index is 0.00133. The lowest BCUT2D eigenvalue weighted by Crippen LogP contribution is -2.54. The highest BCUT2D eigenvalue weighted by Crippen LogP contribution is 2.82. The van der Waals surface area contributed by atoms with Crippen molar-refractivity contribution >= 4 is 12.1 Å². The van der Waals surface area contributed by atoms with Crippen molar-refractivity contribution in [3.63, 3.8) is 0 Å². The van der Waals surface area contributed by atoms with Gasteiger partial charge in [-0.05, 0) is 43.4 Å². The van der Waals surface area contributed by atoms with E-state index in [2.05, 4.69) is 0 Å². The Kier molecular flexibility index (Phi) is 2.30. The fraction of sp³-hybridized carbons (Fsp3) is 0.875. The van der Waals surface area contributed by atoms with Gasteiger partial charge in [-0.15, -0.1) is 0 Å². The lowest BCUT2D eigenvalue weighted by Gasteiger charge is -2.47. The summed E-state index contributed by atoms with van der Waals surface area (Å²) in [5.74, 6) is 1.55. The van der Waals surface area contributed by atoms with Crippen molar-refractivity contribution in [1.82, 2.24) is 4.90 Å². The number of hydrogen-bond acceptors (Lipinski definition) is 4. The molecule has 6 unspecified atom stereocenters. The zero-order valence-corrected chi connectivity index (χ0v) is 12.1. The van der Waals surface area contributed by atoms with Crippen molar-refractivity contribution in [2.75, 3.05) is 19.7 Å². The smallest absolute Gasteiger partial charge is 0.409 e. The maximum atomic E-state index is 12.1. The van der Waals surface area contributed by atoms with Crippen LogP contribution in [0.5, 0.6) is 0 Å². The molecule has 2 aliphatic heterocycles. The number of amides is 1. The third kappa shape index (κ3) is 1.42. The predicted octanol–water partition coefficient (Wildman–Crippen LogP) is 1.81. The lowest BCUT2D eigenvalue weighted by molar-refractivity contribution is -0.158. The lowest BCUT2D eigenvalue weighted by atomic mass is 9.59. The highest BCUT2D eigenvalue weighted by atomic mass is 16.6. The van der Waals surface area contributed by atoms with E-state index in [1.807, 2.05) is 4.90 Å². The molecule has 0 radical (unpaired) electrons. The van der Waals surface area contributed by atoms with Crippen molar-refractivity contribution < 1.29 is 19.1 Å². The normalized spacial score (nSPS) is 49.0. The molecule has 2 saturated heterocycles. The van der Waals surface area contributed by atoms with E-state index < -0.39 is 0 Å². The van der Waals surface area contributed by atoms with Gasteiger partial charge in [0.1, 0.15) is 12.7 Å². The van der Waals surface area contributed by atoms with E-state index in [-0.39, 0.29) is 30.0 Å². The van der Waals surface area contributed by atoms with Gasteiger partial charge in [0.05, 0.1) is 5.92 Å². The van der Waals surface area contributed by atoms with Crippen molar-refractivity contribution in [3.8, 4) is 0 Å². The average Bonchev–Trinajstić information content (AvgIpc) is 3.05. The van der Waals surface area contributed by atoms with Crippen molar-refractivity contribution in [3.05, 3.63) is 0 Å². The summed E-state index contributed by atoms with van der Waals surface area (Å²) in [6.07, 6.45) is 5.44. The zero-order chi connectivity index (χ0) is 14.2. The second-order valence-electron chi connectivity index (χ2n) is 7.51. The molecule has 5 heteroatoms. The summed E-state index contributed by atoms with van der Waals surface area (Å²) in [5, 5.41) is 0. The van der Waals surface area contributed by atoms with Gasteiger partial charge in [0.15, 0.2) is 0 Å². The molecule has 0 aromatic carbocycles. The van der Waals surface area contributed by atoms with Crippen LogP contribution in [0.15, 0.2) is 0 Å². The molecular weight excluding hydrogens is 270 g/mol. The monoisotopic (exact) mass is 291 g/mol. The maximum absolute atomic E-state index is 12.1. The summed E-state index contributed by atoms with van der Waals surface area (Å²) in [7, 11) is 0. The molecule has 0 aromatic rings. The summed E-state index contributed by atoms with van der Waals surface area (Å²) in [6, 6.07) is 0. The van der Waals surface area contributed by atoms with Gasteiger partial charge >= 0.3 is 12.1 Å². The molecule has 5 nitrogen and oxygen atoms in total. The molecule has 21 heavy (non-hydrogen) atoms. The number of carbonyl (C=O) groups excluding carboxylic acids is 2. The molecule has 5 fully saturated rings. The number of likely N-dealkylation sites (tertiary alicyclic amines) is 1. The van der Waals surface area contributed by atoms with Gasteiger partial charge in [0.2, 0.25) is 0 Å². The van der Waals surface area contributed by atoms with E-state index in [0.29, 0.717) is 23.9 Å². The molecule has 6 atom stereocenters. The molecule has 0 bridgehead atoms. The van der Waals surface area contributed by atoms with Gasteiger partial charge in [-0.2, -0.15) is 0 Å². The summed E-state index contributed by atoms with van der Waals surface area (Å²) in [4.78, 5) is 25.8. The van der Waals surface area contributed by atoms with E-state index >= 15 is 0 Å². The van der Waals surface area contributed by atoms with Gasteiger partial charge in [0.25, 0.3) is 0 Å². The number of rotatable bonds is 2. The fourth-order valence-corrected chi connectivity index (χ4v) is 5.78. The van der Waals surface area contributed by atoms with Crippen LogP contribution < -0.4 is 0 Å². The second-order valence-corrected chi connectivity index (χ2v) is 7.51. The molecule has 1 spiro atoms. The van der Waals surface area contributed by atoms with Crippen LogP contribution in [0.4, 0.5) is 4.79 Å². The minimum atomic E-state index is -0.175. The first-order valence-corrected chi connectivity index (χ1v) is 8.34. The van der Waals surface area contributed by atoms with Crippen LogP contribution >= 0.6 is 0 Å². The molecule has 0 aromatic heterocycles. The molecule has 3 saturated carbocycles. The molecule has 5 rings (SSSR count). The third-order valence-electron chi connectivity index (χ3n) is 6.79. The van der Waals surface area contributed by atoms with Crippen molar-refractivity contribution in [2.45, 2.75) is 38.2 Å². The number of esters is 1. The summed E-state index contributed by atoms with van der Waals surface area (Å²) in [5.41, 5.74) is 0.295. The Bertz CT molecular complexity index is 514. The first-order chi connectivity index (χ1) is 10.2. The van der Waals surface area contributed by atoms with Crippen LogP contribution in [0, 0.1) is 29.1 Å². The van der Waals surface area contributed by atoms with E-state index in [4.69, 9.17) is 9.47 Å². The van der Waals surface area contributed by atoms with Gasteiger partial charge in [0, 0.05) is 24.9 Å². The largest absolute Gasteiger partial charge is 0.461 e. The Hall–Kier alpha value is -1.26. The van der Waals surface area contributed by atoms with Gasteiger partial charge in [-0.1, -0.05) is 0 Å². The van der Waals surface area contributed by atoms with Crippen LogP contribution in [0.3, 0.4) is 0 Å². The minimum Gasteiger partial charge on any atom is -0.461 e. The maximum Gasteiger partial charge on any atom is 0.409 e. The van der Waals surface area contributed by atoms with Crippen LogP contribution in [-0.4, -0.2) is 42.8 Å². The van der Waals surface area contributed by atoms with Gasteiger partial charge in [-0.3, -0.25) is 4.79 Å². The van der Waals surface area contributed by atoms with E-state index in [1.54, 1.807) is 0 Å². The highest BCUT2D eigenvalue weighted by Gasteiger charge is 2.84. The van der Waals surface area contributed by atoms with E-state index in [0.717, 1.165) is 32.4 Å². The van der Waals surface area contributed by atoms with E-state index in [9.17, 15) is 9.59 Å². The number of hydrogen-bond donors (Lipinski definition) is 0. The standard InChI is InChI=1S/C16H21NO4/c18-14-10-6-9-7-16(9)11(13(21-14)12(10)16)8-20-15(19)17-4-2-1-3-5-17/h9-13H,1-8H2. The molecule has 114 valence electrons. The first kappa shape index (κ1) is 12.3. The summed E-state index contributed by atoms with van der Waals surface area (Å²) in [6.45, 7) is 2.08. The quantitative estimate of drug-likeness (QED) is 0.728. The second kappa shape index (κ2) is 3.93.